The van der Waals surface area contributed by atoms with Crippen molar-refractivity contribution in [1.82, 2.24) is 4.57 Å². The summed E-state index contributed by atoms with van der Waals surface area (Å²) in [6, 6.07) is 77.3. The highest BCUT2D eigenvalue weighted by Gasteiger charge is 2.37. The molecule has 0 amide bonds. The molecule has 280 valence electrons. The lowest BCUT2D eigenvalue weighted by Crippen LogP contribution is -2.14. The summed E-state index contributed by atoms with van der Waals surface area (Å²) in [5.41, 5.74) is 20.6. The third-order valence-electron chi connectivity index (χ3n) is 12.4. The van der Waals surface area contributed by atoms with Crippen molar-refractivity contribution in [3.8, 4) is 61.3 Å². The monoisotopic (exact) mass is 754 g/mol. The van der Waals surface area contributed by atoms with Gasteiger partial charge in [-0.15, -0.1) is 0 Å². The van der Waals surface area contributed by atoms with Crippen molar-refractivity contribution in [2.75, 3.05) is 5.32 Å². The summed E-state index contributed by atoms with van der Waals surface area (Å²) < 4.78 is 2.52. The molecule has 0 aliphatic heterocycles. The van der Waals surface area contributed by atoms with E-state index >= 15 is 0 Å². The topological polar surface area (TPSA) is 17.0 Å². The lowest BCUT2D eigenvalue weighted by Gasteiger charge is -2.21. The van der Waals surface area contributed by atoms with Gasteiger partial charge in [-0.25, -0.2) is 0 Å². The van der Waals surface area contributed by atoms with Gasteiger partial charge in [0.15, 0.2) is 0 Å². The van der Waals surface area contributed by atoms with Gasteiger partial charge in [-0.05, 0) is 104 Å². The van der Waals surface area contributed by atoms with Crippen LogP contribution >= 0.6 is 0 Å². The molecule has 1 aliphatic carbocycles. The summed E-state index contributed by atoms with van der Waals surface area (Å²) in [5.74, 6) is 0. The summed E-state index contributed by atoms with van der Waals surface area (Å²) >= 11 is 0. The Morgan fingerprint density at radius 3 is 1.76 bits per heavy atom. The van der Waals surface area contributed by atoms with Crippen LogP contribution in [0.3, 0.4) is 0 Å². The lowest BCUT2D eigenvalue weighted by atomic mass is 9.82. The minimum absolute atomic E-state index is 0.102. The summed E-state index contributed by atoms with van der Waals surface area (Å²) in [6.07, 6.45) is 0. The van der Waals surface area contributed by atoms with Crippen LogP contribution in [0.5, 0.6) is 0 Å². The molecule has 0 saturated carbocycles. The van der Waals surface area contributed by atoms with Gasteiger partial charge in [0.2, 0.25) is 0 Å². The van der Waals surface area contributed by atoms with E-state index in [2.05, 4.69) is 236 Å². The summed E-state index contributed by atoms with van der Waals surface area (Å²) in [7, 11) is 0. The number of benzene rings is 9. The summed E-state index contributed by atoms with van der Waals surface area (Å²) in [6.45, 7) is 4.74. The van der Waals surface area contributed by atoms with Crippen molar-refractivity contribution in [2.24, 2.45) is 0 Å². The van der Waals surface area contributed by atoms with Gasteiger partial charge in [-0.2, -0.15) is 0 Å². The van der Waals surface area contributed by atoms with Crippen LogP contribution in [-0.4, -0.2) is 4.57 Å². The summed E-state index contributed by atoms with van der Waals surface area (Å²) in [5, 5.41) is 6.26. The van der Waals surface area contributed by atoms with Crippen molar-refractivity contribution in [3.05, 3.63) is 223 Å². The van der Waals surface area contributed by atoms with Crippen molar-refractivity contribution < 1.29 is 0 Å². The number of nitrogens with zero attached hydrogens (tertiary/aromatic N) is 1. The van der Waals surface area contributed by atoms with E-state index in [4.69, 9.17) is 0 Å². The quantitative estimate of drug-likeness (QED) is 0.171. The van der Waals surface area contributed by atoms with Crippen LogP contribution in [-0.2, 0) is 5.41 Å². The Balaban J connectivity index is 1.05. The van der Waals surface area contributed by atoms with E-state index < -0.39 is 0 Å². The fourth-order valence-corrected chi connectivity index (χ4v) is 9.47. The maximum atomic E-state index is 3.75. The Bertz CT molecular complexity index is 3210. The second-order valence-electron chi connectivity index (χ2n) is 16.2. The van der Waals surface area contributed by atoms with Gasteiger partial charge >= 0.3 is 0 Å². The van der Waals surface area contributed by atoms with Crippen molar-refractivity contribution >= 4 is 33.2 Å². The molecule has 59 heavy (non-hydrogen) atoms. The molecule has 1 aromatic heterocycles. The molecule has 10 aromatic rings. The molecule has 1 N–H and O–H groups in total. The molecule has 1 aliphatic rings. The van der Waals surface area contributed by atoms with Gasteiger partial charge in [-0.1, -0.05) is 178 Å². The van der Waals surface area contributed by atoms with Crippen LogP contribution < -0.4 is 5.32 Å². The van der Waals surface area contributed by atoms with Crippen molar-refractivity contribution in [1.29, 1.82) is 0 Å². The molecule has 9 aromatic carbocycles. The fourth-order valence-electron chi connectivity index (χ4n) is 9.47. The van der Waals surface area contributed by atoms with Crippen molar-refractivity contribution in [2.45, 2.75) is 19.3 Å². The normalized spacial score (nSPS) is 12.7. The molecule has 0 saturated heterocycles. The number of para-hydroxylation sites is 1. The smallest absolute Gasteiger partial charge is 0.0622 e. The predicted molar refractivity (Wildman–Crippen MR) is 250 cm³/mol. The number of hydrogen-bond donors (Lipinski definition) is 1. The Labute approximate surface area is 345 Å². The first-order valence-corrected chi connectivity index (χ1v) is 20.5. The molecule has 1 heterocycles. The van der Waals surface area contributed by atoms with Crippen molar-refractivity contribution in [3.63, 3.8) is 0 Å². The Hall–Kier alpha value is -7.42. The number of aromatic nitrogens is 1. The number of anilines is 2. The molecular weight excluding hydrogens is 713 g/mol. The Morgan fingerprint density at radius 2 is 0.983 bits per heavy atom. The first kappa shape index (κ1) is 34.8. The number of fused-ring (bicyclic) bond motifs is 7. The highest BCUT2D eigenvalue weighted by Crippen LogP contribution is 2.53. The van der Waals surface area contributed by atoms with Gasteiger partial charge in [0.25, 0.3) is 0 Å². The average Bonchev–Trinajstić information content (AvgIpc) is 3.75. The zero-order chi connectivity index (χ0) is 39.5. The number of hydrogen-bond acceptors (Lipinski definition) is 1. The molecule has 0 bridgehead atoms. The third kappa shape index (κ3) is 5.87. The maximum Gasteiger partial charge on any atom is 0.0622 e. The molecule has 2 heteroatoms. The van der Waals surface area contributed by atoms with Gasteiger partial charge in [0, 0.05) is 44.4 Å². The Kier molecular flexibility index (Phi) is 8.20. The second-order valence-corrected chi connectivity index (χ2v) is 16.2. The van der Waals surface area contributed by atoms with Crippen LogP contribution in [0.25, 0.3) is 83.1 Å². The van der Waals surface area contributed by atoms with Gasteiger partial charge in [0.1, 0.15) is 0 Å². The fraction of sp³-hybridized carbons (Fsp3) is 0.0526. The standard InChI is InChI=1S/C57H42N2/c1-57(2)51-28-11-9-27-49(51)55-52(57)32-31-48-50-37-43(30-33-54(50)59(56(48)55)46-25-15-22-42(36-46)39-18-7-4-8-19-39)40-20-13-23-44(34-40)47-26-10-12-29-53(47)58-45-24-14-21-41(35-45)38-16-5-3-6-17-38/h3-37,58H,1-2H3. The van der Waals surface area contributed by atoms with Crippen LogP contribution in [0.2, 0.25) is 0 Å². The highest BCUT2D eigenvalue weighted by molar-refractivity contribution is 6.16. The zero-order valence-corrected chi connectivity index (χ0v) is 33.2. The maximum absolute atomic E-state index is 3.75. The molecule has 0 unspecified atom stereocenters. The van der Waals surface area contributed by atoms with E-state index in [1.807, 2.05) is 0 Å². The number of rotatable bonds is 7. The van der Waals surface area contributed by atoms with Gasteiger partial charge in [-0.3, -0.25) is 0 Å². The summed E-state index contributed by atoms with van der Waals surface area (Å²) in [4.78, 5) is 0. The van der Waals surface area contributed by atoms with Gasteiger partial charge in [0.05, 0.1) is 11.0 Å². The van der Waals surface area contributed by atoms with Crippen LogP contribution in [0.4, 0.5) is 11.4 Å². The van der Waals surface area contributed by atoms with E-state index in [0.29, 0.717) is 0 Å². The second kappa shape index (κ2) is 13.9. The van der Waals surface area contributed by atoms with E-state index in [1.54, 1.807) is 0 Å². The highest BCUT2D eigenvalue weighted by atomic mass is 15.0. The van der Waals surface area contributed by atoms with E-state index in [0.717, 1.165) is 22.6 Å². The average molecular weight is 755 g/mol. The third-order valence-corrected chi connectivity index (χ3v) is 12.4. The molecule has 0 spiro atoms. The first-order chi connectivity index (χ1) is 29.0. The van der Waals surface area contributed by atoms with Crippen LogP contribution in [0.1, 0.15) is 25.0 Å². The van der Waals surface area contributed by atoms with Gasteiger partial charge < -0.3 is 9.88 Å². The molecular formula is C57H42N2. The largest absolute Gasteiger partial charge is 0.355 e. The Morgan fingerprint density at radius 1 is 0.390 bits per heavy atom. The molecule has 0 radical (unpaired) electrons. The molecule has 2 nitrogen and oxygen atoms in total. The van der Waals surface area contributed by atoms with E-state index in [9.17, 15) is 0 Å². The SMILES string of the molecule is CC1(C)c2ccccc2-c2c1ccc1c3cc(-c4cccc(-c5ccccc5Nc5cccc(-c6ccccc6)c5)c4)ccc3n(-c3cccc(-c4ccccc4)c3)c21. The molecule has 0 fully saturated rings. The first-order valence-electron chi connectivity index (χ1n) is 20.5. The van der Waals surface area contributed by atoms with E-state index in [1.165, 1.54) is 83.0 Å². The minimum Gasteiger partial charge on any atom is -0.355 e. The molecule has 11 rings (SSSR count). The predicted octanol–water partition coefficient (Wildman–Crippen LogP) is 15.5. The minimum atomic E-state index is -0.102. The zero-order valence-electron chi connectivity index (χ0n) is 33.2. The lowest BCUT2D eigenvalue weighted by molar-refractivity contribution is 0.661. The van der Waals surface area contributed by atoms with Crippen LogP contribution in [0, 0.1) is 0 Å². The van der Waals surface area contributed by atoms with E-state index in [-0.39, 0.29) is 5.41 Å². The van der Waals surface area contributed by atoms with Crippen LogP contribution in [0.15, 0.2) is 212 Å². The number of nitrogens with one attached hydrogen (secondary N) is 1. The molecule has 0 atom stereocenters.